The summed E-state index contributed by atoms with van der Waals surface area (Å²) in [6.07, 6.45) is -3.43. The maximum absolute atomic E-state index is 13.4. The van der Waals surface area contributed by atoms with Crippen LogP contribution < -0.4 is 5.73 Å². The van der Waals surface area contributed by atoms with Crippen LogP contribution in [0.3, 0.4) is 0 Å². The molecule has 1 aromatic carbocycles. The fraction of sp³-hybridized carbons (Fsp3) is 0.364. The van der Waals surface area contributed by atoms with E-state index in [9.17, 15) is 23.1 Å². The summed E-state index contributed by atoms with van der Waals surface area (Å²) < 4.78 is 38.4. The number of carbonyl (C=O) groups is 1. The van der Waals surface area contributed by atoms with Crippen molar-refractivity contribution in [2.45, 2.75) is 51.1 Å². The largest absolute Gasteiger partial charge is 0.435 e. The Kier molecular flexibility index (Phi) is 5.72. The molecule has 0 bridgehead atoms. The molecular formula is C22H22F3N5O2. The maximum Gasteiger partial charge on any atom is 0.435 e. The first-order valence-corrected chi connectivity index (χ1v) is 10.2. The molecule has 1 aliphatic rings. The molecule has 4 rings (SSSR count). The van der Waals surface area contributed by atoms with Gasteiger partial charge in [0.25, 0.3) is 5.91 Å². The van der Waals surface area contributed by atoms with Gasteiger partial charge in [-0.1, -0.05) is 0 Å². The first-order valence-electron chi connectivity index (χ1n) is 10.2. The van der Waals surface area contributed by atoms with Crippen molar-refractivity contribution >= 4 is 22.6 Å². The Labute approximate surface area is 182 Å². The SMILES string of the molecule is Cc1cc2cc(C(=O)N(Cc3ccc(C(F)(F)F)nn3)[C@@H]3CCC[C@H]3O)ccc2nc1N. The molecule has 3 aromatic rings. The molecule has 168 valence electrons. The predicted molar refractivity (Wildman–Crippen MR) is 111 cm³/mol. The minimum atomic E-state index is -4.59. The average Bonchev–Trinajstić information content (AvgIpc) is 3.17. The van der Waals surface area contributed by atoms with E-state index < -0.39 is 24.0 Å². The van der Waals surface area contributed by atoms with E-state index in [0.717, 1.165) is 23.4 Å². The summed E-state index contributed by atoms with van der Waals surface area (Å²) in [7, 11) is 0. The van der Waals surface area contributed by atoms with E-state index in [4.69, 9.17) is 5.73 Å². The fourth-order valence-corrected chi connectivity index (χ4v) is 3.99. The van der Waals surface area contributed by atoms with Crippen molar-refractivity contribution in [3.63, 3.8) is 0 Å². The number of aryl methyl sites for hydroxylation is 1. The number of nitrogen functional groups attached to an aromatic ring is 1. The molecule has 2 heterocycles. The van der Waals surface area contributed by atoms with Crippen molar-refractivity contribution in [3.05, 3.63) is 58.9 Å². The van der Waals surface area contributed by atoms with E-state index in [1.807, 2.05) is 13.0 Å². The lowest BCUT2D eigenvalue weighted by molar-refractivity contribution is -0.141. The molecule has 2 aromatic heterocycles. The van der Waals surface area contributed by atoms with Gasteiger partial charge in [-0.15, -0.1) is 5.10 Å². The van der Waals surface area contributed by atoms with Crippen molar-refractivity contribution < 1.29 is 23.1 Å². The molecule has 2 atom stereocenters. The Morgan fingerprint density at radius 3 is 2.59 bits per heavy atom. The van der Waals surface area contributed by atoms with Crippen molar-refractivity contribution in [2.75, 3.05) is 5.73 Å². The van der Waals surface area contributed by atoms with Gasteiger partial charge >= 0.3 is 6.18 Å². The van der Waals surface area contributed by atoms with Crippen LogP contribution in [0, 0.1) is 6.92 Å². The lowest BCUT2D eigenvalue weighted by atomic mass is 10.1. The number of carbonyl (C=O) groups excluding carboxylic acids is 1. The molecule has 0 spiro atoms. The number of aromatic nitrogens is 3. The van der Waals surface area contributed by atoms with Crippen LogP contribution in [0.5, 0.6) is 0 Å². The van der Waals surface area contributed by atoms with Gasteiger partial charge in [0, 0.05) is 10.9 Å². The third-order valence-electron chi connectivity index (χ3n) is 5.74. The Hall–Kier alpha value is -3.27. The number of nitrogens with two attached hydrogens (primary N) is 1. The van der Waals surface area contributed by atoms with Gasteiger partial charge in [0.1, 0.15) is 5.82 Å². The number of aliphatic hydroxyl groups is 1. The summed E-state index contributed by atoms with van der Waals surface area (Å²) in [5.74, 6) is 0.0576. The molecular weight excluding hydrogens is 423 g/mol. The molecule has 0 saturated heterocycles. The van der Waals surface area contributed by atoms with Crippen molar-refractivity contribution in [1.82, 2.24) is 20.1 Å². The lowest BCUT2D eigenvalue weighted by Crippen LogP contribution is -2.44. The topological polar surface area (TPSA) is 105 Å². The number of hydrogen-bond acceptors (Lipinski definition) is 6. The van der Waals surface area contributed by atoms with Gasteiger partial charge in [-0.2, -0.15) is 18.3 Å². The maximum atomic E-state index is 13.4. The van der Waals surface area contributed by atoms with Crippen LogP contribution in [0.4, 0.5) is 19.0 Å². The van der Waals surface area contributed by atoms with E-state index >= 15 is 0 Å². The lowest BCUT2D eigenvalue weighted by Gasteiger charge is -2.31. The normalized spacial score (nSPS) is 18.8. The van der Waals surface area contributed by atoms with E-state index in [1.165, 1.54) is 11.0 Å². The highest BCUT2D eigenvalue weighted by atomic mass is 19.4. The number of alkyl halides is 3. The van der Waals surface area contributed by atoms with Crippen molar-refractivity contribution in [3.8, 4) is 0 Å². The number of amides is 1. The van der Waals surface area contributed by atoms with Crippen LogP contribution >= 0.6 is 0 Å². The third-order valence-corrected chi connectivity index (χ3v) is 5.74. The van der Waals surface area contributed by atoms with E-state index in [1.54, 1.807) is 18.2 Å². The zero-order chi connectivity index (χ0) is 23.0. The van der Waals surface area contributed by atoms with Crippen LogP contribution in [0.2, 0.25) is 0 Å². The molecule has 7 nitrogen and oxygen atoms in total. The Morgan fingerprint density at radius 1 is 1.19 bits per heavy atom. The van der Waals surface area contributed by atoms with Gasteiger partial charge in [0.2, 0.25) is 0 Å². The highest BCUT2D eigenvalue weighted by Crippen LogP contribution is 2.29. The quantitative estimate of drug-likeness (QED) is 0.637. The van der Waals surface area contributed by atoms with Crippen LogP contribution in [-0.4, -0.2) is 43.2 Å². The number of anilines is 1. The zero-order valence-corrected chi connectivity index (χ0v) is 17.3. The zero-order valence-electron chi connectivity index (χ0n) is 17.3. The molecule has 1 fully saturated rings. The second-order valence-electron chi connectivity index (χ2n) is 8.00. The fourth-order valence-electron chi connectivity index (χ4n) is 3.99. The summed E-state index contributed by atoms with van der Waals surface area (Å²) in [6, 6.07) is 8.43. The monoisotopic (exact) mass is 445 g/mol. The van der Waals surface area contributed by atoms with E-state index in [2.05, 4.69) is 15.2 Å². The number of fused-ring (bicyclic) bond motifs is 1. The van der Waals surface area contributed by atoms with Crippen LogP contribution in [0.15, 0.2) is 36.4 Å². The molecule has 0 radical (unpaired) electrons. The van der Waals surface area contributed by atoms with Crippen LogP contribution in [-0.2, 0) is 12.7 Å². The van der Waals surface area contributed by atoms with E-state index in [-0.39, 0.29) is 18.1 Å². The second kappa shape index (κ2) is 8.34. The molecule has 0 aliphatic heterocycles. The number of aliphatic hydroxyl groups excluding tert-OH is 1. The highest BCUT2D eigenvalue weighted by molar-refractivity contribution is 5.98. The van der Waals surface area contributed by atoms with Gasteiger partial charge in [0.05, 0.1) is 29.9 Å². The number of pyridine rings is 1. The average molecular weight is 445 g/mol. The third kappa shape index (κ3) is 4.36. The Bertz CT molecular complexity index is 1150. The van der Waals surface area contributed by atoms with Gasteiger partial charge in [-0.05, 0) is 68.1 Å². The number of benzene rings is 1. The minimum Gasteiger partial charge on any atom is -0.391 e. The van der Waals surface area contributed by atoms with Crippen LogP contribution in [0.1, 0.15) is 46.6 Å². The number of rotatable bonds is 4. The van der Waals surface area contributed by atoms with Crippen molar-refractivity contribution in [1.29, 1.82) is 0 Å². The molecule has 32 heavy (non-hydrogen) atoms. The summed E-state index contributed by atoms with van der Waals surface area (Å²) >= 11 is 0. The summed E-state index contributed by atoms with van der Waals surface area (Å²) in [5.41, 5.74) is 6.76. The number of halogens is 3. The smallest absolute Gasteiger partial charge is 0.391 e. The molecule has 0 unspecified atom stereocenters. The van der Waals surface area contributed by atoms with Crippen molar-refractivity contribution in [2.24, 2.45) is 0 Å². The van der Waals surface area contributed by atoms with Gasteiger partial charge < -0.3 is 15.7 Å². The minimum absolute atomic E-state index is 0.0667. The summed E-state index contributed by atoms with van der Waals surface area (Å²) in [4.78, 5) is 19.2. The highest BCUT2D eigenvalue weighted by Gasteiger charge is 2.35. The molecule has 10 heteroatoms. The van der Waals surface area contributed by atoms with Crippen LogP contribution in [0.25, 0.3) is 10.9 Å². The first-order chi connectivity index (χ1) is 15.1. The summed E-state index contributed by atoms with van der Waals surface area (Å²) in [6.45, 7) is 1.75. The van der Waals surface area contributed by atoms with Gasteiger partial charge in [-0.3, -0.25) is 4.79 Å². The molecule has 1 amide bonds. The van der Waals surface area contributed by atoms with Gasteiger partial charge in [0.15, 0.2) is 5.69 Å². The standard InChI is InChI=1S/C22H22F3N5O2/c1-12-9-14-10-13(5-7-16(14)27-20(12)26)21(32)30(17-3-2-4-18(17)31)11-15-6-8-19(29-28-15)22(23,24)25/h5-10,17-18,31H,2-4,11H2,1H3,(H2,26,27)/t17-,18-/m1/s1. The Balaban J connectivity index is 1.66. The number of hydrogen-bond donors (Lipinski definition) is 2. The molecule has 3 N–H and O–H groups in total. The van der Waals surface area contributed by atoms with E-state index in [0.29, 0.717) is 29.7 Å². The second-order valence-corrected chi connectivity index (χ2v) is 8.00. The predicted octanol–water partition coefficient (Wildman–Crippen LogP) is 3.49. The molecule has 1 saturated carbocycles. The summed E-state index contributed by atoms with van der Waals surface area (Å²) in [5, 5.41) is 18.1. The Morgan fingerprint density at radius 2 is 1.97 bits per heavy atom. The number of nitrogens with zero attached hydrogens (tertiary/aromatic N) is 4. The first kappa shape index (κ1) is 21.9. The molecule has 1 aliphatic carbocycles. The van der Waals surface area contributed by atoms with Gasteiger partial charge in [-0.25, -0.2) is 4.98 Å².